The molecule has 0 spiro atoms. The zero-order chi connectivity index (χ0) is 24.7. The van der Waals surface area contributed by atoms with E-state index in [0.717, 1.165) is 18.4 Å². The largest absolute Gasteiger partial charge is 0.433 e. The third-order valence-electron chi connectivity index (χ3n) is 5.59. The van der Waals surface area contributed by atoms with Crippen LogP contribution in [0.5, 0.6) is 0 Å². The maximum Gasteiger partial charge on any atom is 0.433 e. The lowest BCUT2D eigenvalue weighted by atomic mass is 10.2. The van der Waals surface area contributed by atoms with Gasteiger partial charge in [-0.2, -0.15) is 28.1 Å². The normalized spacial score (nSPS) is 23.2. The number of sulfonamides is 1. The number of hydrogen-bond acceptors (Lipinski definition) is 8. The van der Waals surface area contributed by atoms with E-state index in [2.05, 4.69) is 30.6 Å². The summed E-state index contributed by atoms with van der Waals surface area (Å²) in [5.41, 5.74) is -1.31. The third-order valence-corrected chi connectivity index (χ3v) is 6.86. The first-order chi connectivity index (χ1) is 15.8. The number of rotatable bonds is 6. The molecule has 2 fully saturated rings. The molecule has 9 nitrogen and oxygen atoms in total. The van der Waals surface area contributed by atoms with Crippen LogP contribution < -0.4 is 10.6 Å². The van der Waals surface area contributed by atoms with E-state index in [4.69, 9.17) is 0 Å². The van der Waals surface area contributed by atoms with Crippen molar-refractivity contribution in [2.45, 2.75) is 49.9 Å². The molecule has 0 radical (unpaired) electrons. The smallest absolute Gasteiger partial charge is 0.351 e. The SMILES string of the molecule is CS(=O)(=O)N1CCC(Nc2nc(NC3CCC(F)(F)C3)nc(-c3cccc(C(F)(F)F)n3)n2)C1. The Hall–Kier alpha value is -2.68. The number of aromatic nitrogens is 4. The van der Waals surface area contributed by atoms with Crippen molar-refractivity contribution in [3.63, 3.8) is 0 Å². The van der Waals surface area contributed by atoms with Crippen LogP contribution in [0, 0.1) is 0 Å². The van der Waals surface area contributed by atoms with Crippen molar-refractivity contribution in [2.75, 3.05) is 30.0 Å². The molecule has 2 aliphatic rings. The van der Waals surface area contributed by atoms with Crippen LogP contribution in [0.1, 0.15) is 31.4 Å². The Morgan fingerprint density at radius 3 is 2.26 bits per heavy atom. The van der Waals surface area contributed by atoms with E-state index in [1.807, 2.05) is 0 Å². The third kappa shape index (κ3) is 5.87. The molecule has 1 saturated carbocycles. The molecule has 2 atom stereocenters. The van der Waals surface area contributed by atoms with E-state index in [1.165, 1.54) is 10.4 Å². The van der Waals surface area contributed by atoms with Crippen molar-refractivity contribution < 1.29 is 30.4 Å². The molecule has 15 heteroatoms. The first kappa shape index (κ1) is 24.4. The number of pyridine rings is 1. The summed E-state index contributed by atoms with van der Waals surface area (Å²) >= 11 is 0. The average Bonchev–Trinajstić information content (AvgIpc) is 3.33. The first-order valence-corrected chi connectivity index (χ1v) is 12.3. The van der Waals surface area contributed by atoms with E-state index in [0.29, 0.717) is 6.42 Å². The zero-order valence-corrected chi connectivity index (χ0v) is 18.8. The van der Waals surface area contributed by atoms with Gasteiger partial charge in [0.1, 0.15) is 11.4 Å². The summed E-state index contributed by atoms with van der Waals surface area (Å²) in [6, 6.07) is 2.28. The van der Waals surface area contributed by atoms with Crippen molar-refractivity contribution in [1.82, 2.24) is 24.2 Å². The molecule has 4 rings (SSSR count). The predicted octanol–water partition coefficient (Wildman–Crippen LogP) is 3.00. The summed E-state index contributed by atoms with van der Waals surface area (Å²) in [5.74, 6) is -3.13. The molecular formula is C19H22F5N7O2S. The molecule has 2 aromatic rings. The second-order valence-electron chi connectivity index (χ2n) is 8.40. The highest BCUT2D eigenvalue weighted by Gasteiger charge is 2.40. The molecule has 0 bridgehead atoms. The van der Waals surface area contributed by atoms with Gasteiger partial charge >= 0.3 is 6.18 Å². The van der Waals surface area contributed by atoms with Crippen molar-refractivity contribution in [2.24, 2.45) is 0 Å². The molecular weight excluding hydrogens is 485 g/mol. The van der Waals surface area contributed by atoms with Crippen LogP contribution in [0.15, 0.2) is 18.2 Å². The fraction of sp³-hybridized carbons (Fsp3) is 0.579. The number of nitrogens with zero attached hydrogens (tertiary/aromatic N) is 5. The topological polar surface area (TPSA) is 113 Å². The Labute approximate surface area is 192 Å². The molecule has 1 aliphatic heterocycles. The predicted molar refractivity (Wildman–Crippen MR) is 113 cm³/mol. The van der Waals surface area contributed by atoms with Crippen LogP contribution >= 0.6 is 0 Å². The van der Waals surface area contributed by atoms with Gasteiger partial charge in [0.25, 0.3) is 0 Å². The highest BCUT2D eigenvalue weighted by atomic mass is 32.2. The highest BCUT2D eigenvalue weighted by Crippen LogP contribution is 2.36. The maximum absolute atomic E-state index is 13.6. The zero-order valence-electron chi connectivity index (χ0n) is 18.0. The minimum Gasteiger partial charge on any atom is -0.351 e. The molecule has 3 heterocycles. The lowest BCUT2D eigenvalue weighted by Gasteiger charge is -2.17. The van der Waals surface area contributed by atoms with Gasteiger partial charge in [-0.25, -0.2) is 26.5 Å². The summed E-state index contributed by atoms with van der Waals surface area (Å²) in [4.78, 5) is 16.0. The summed E-state index contributed by atoms with van der Waals surface area (Å²) < 4.78 is 91.4. The fourth-order valence-corrected chi connectivity index (χ4v) is 4.81. The standard InChI is InChI=1S/C19H22F5N7O2S/c1-34(32,33)31-8-6-12(10-31)26-17-29-15(13-3-2-4-14(27-13)19(22,23)24)28-16(30-17)25-11-5-7-18(20,21)9-11/h2-4,11-12H,5-10H2,1H3,(H2,25,26,28,29,30). The summed E-state index contributed by atoms with van der Waals surface area (Å²) in [6.07, 6.45) is -3.69. The molecule has 0 aromatic carbocycles. The Morgan fingerprint density at radius 1 is 1.03 bits per heavy atom. The molecule has 2 unspecified atom stereocenters. The minimum absolute atomic E-state index is 0.0307. The minimum atomic E-state index is -4.68. The van der Waals surface area contributed by atoms with Crippen LogP contribution in [0.25, 0.3) is 11.5 Å². The second kappa shape index (κ2) is 8.83. The van der Waals surface area contributed by atoms with Gasteiger partial charge in [0.15, 0.2) is 5.82 Å². The molecule has 2 N–H and O–H groups in total. The quantitative estimate of drug-likeness (QED) is 0.574. The number of alkyl halides is 5. The van der Waals surface area contributed by atoms with Crippen molar-refractivity contribution in [1.29, 1.82) is 0 Å². The lowest BCUT2D eigenvalue weighted by Crippen LogP contribution is -2.31. The lowest BCUT2D eigenvalue weighted by molar-refractivity contribution is -0.141. The summed E-state index contributed by atoms with van der Waals surface area (Å²) in [6.45, 7) is 0.436. The molecule has 34 heavy (non-hydrogen) atoms. The van der Waals surface area contributed by atoms with E-state index >= 15 is 0 Å². The Bertz CT molecular complexity index is 1160. The van der Waals surface area contributed by atoms with Crippen molar-refractivity contribution in [3.05, 3.63) is 23.9 Å². The second-order valence-corrected chi connectivity index (χ2v) is 10.4. The number of hydrogen-bond donors (Lipinski definition) is 2. The number of halogens is 5. The van der Waals surface area contributed by atoms with Gasteiger partial charge in [-0.05, 0) is 25.0 Å². The van der Waals surface area contributed by atoms with Gasteiger partial charge in [0, 0.05) is 38.0 Å². The van der Waals surface area contributed by atoms with Gasteiger partial charge in [0.2, 0.25) is 27.8 Å². The molecule has 186 valence electrons. The first-order valence-electron chi connectivity index (χ1n) is 10.5. The maximum atomic E-state index is 13.6. The molecule has 1 saturated heterocycles. The number of nitrogens with one attached hydrogen (secondary N) is 2. The highest BCUT2D eigenvalue weighted by molar-refractivity contribution is 7.88. The van der Waals surface area contributed by atoms with Crippen LogP contribution in [0.2, 0.25) is 0 Å². The van der Waals surface area contributed by atoms with Crippen LogP contribution in [-0.4, -0.2) is 70.0 Å². The number of anilines is 2. The van der Waals surface area contributed by atoms with E-state index < -0.39 is 40.3 Å². The van der Waals surface area contributed by atoms with Gasteiger partial charge < -0.3 is 10.6 Å². The summed E-state index contributed by atoms with van der Waals surface area (Å²) in [5, 5.41) is 5.78. The Balaban J connectivity index is 1.63. The van der Waals surface area contributed by atoms with E-state index in [9.17, 15) is 30.4 Å². The van der Waals surface area contributed by atoms with Gasteiger partial charge in [-0.15, -0.1) is 0 Å². The monoisotopic (exact) mass is 507 g/mol. The van der Waals surface area contributed by atoms with Gasteiger partial charge in [0.05, 0.1) is 6.26 Å². The van der Waals surface area contributed by atoms with Gasteiger partial charge in [-0.3, -0.25) is 0 Å². The van der Waals surface area contributed by atoms with E-state index in [1.54, 1.807) is 0 Å². The van der Waals surface area contributed by atoms with E-state index in [-0.39, 0.29) is 55.4 Å². The fourth-order valence-electron chi connectivity index (χ4n) is 3.92. The molecule has 0 amide bonds. The van der Waals surface area contributed by atoms with Crippen molar-refractivity contribution in [3.8, 4) is 11.5 Å². The van der Waals surface area contributed by atoms with Crippen LogP contribution in [0.4, 0.5) is 33.8 Å². The summed E-state index contributed by atoms with van der Waals surface area (Å²) in [7, 11) is -3.39. The van der Waals surface area contributed by atoms with Gasteiger partial charge in [-0.1, -0.05) is 6.07 Å². The Kier molecular flexibility index (Phi) is 6.35. The average molecular weight is 507 g/mol. The molecule has 1 aliphatic carbocycles. The van der Waals surface area contributed by atoms with Crippen molar-refractivity contribution >= 4 is 21.9 Å². The van der Waals surface area contributed by atoms with Crippen LogP contribution in [0.3, 0.4) is 0 Å². The van der Waals surface area contributed by atoms with Crippen LogP contribution in [-0.2, 0) is 16.2 Å². The Morgan fingerprint density at radius 2 is 1.71 bits per heavy atom. The molecule has 2 aromatic heterocycles.